The third-order valence-electron chi connectivity index (χ3n) is 4.53. The van der Waals surface area contributed by atoms with Crippen LogP contribution >= 0.6 is 0 Å². The van der Waals surface area contributed by atoms with Crippen LogP contribution in [0.3, 0.4) is 0 Å². The van der Waals surface area contributed by atoms with Crippen molar-refractivity contribution in [1.29, 1.82) is 0 Å². The van der Waals surface area contributed by atoms with Gasteiger partial charge in [0, 0.05) is 11.1 Å². The van der Waals surface area contributed by atoms with E-state index in [0.29, 0.717) is 28.4 Å². The Hall–Kier alpha value is -3.88. The van der Waals surface area contributed by atoms with Gasteiger partial charge in [0.05, 0.1) is 24.6 Å². The molecule has 32 heavy (non-hydrogen) atoms. The SMILES string of the molecule is NC(=O)c1ccc(C(=O)N(c2ccccc2OCCO)c2ccccc2OCCO)cc1. The van der Waals surface area contributed by atoms with Crippen LogP contribution < -0.4 is 20.1 Å². The van der Waals surface area contributed by atoms with Crippen LogP contribution in [0.1, 0.15) is 20.7 Å². The first-order valence-electron chi connectivity index (χ1n) is 9.96. The lowest BCUT2D eigenvalue weighted by molar-refractivity contribution is 0.0987. The lowest BCUT2D eigenvalue weighted by Gasteiger charge is -2.27. The van der Waals surface area contributed by atoms with E-state index in [-0.39, 0.29) is 32.0 Å². The van der Waals surface area contributed by atoms with Crippen molar-refractivity contribution in [3.05, 3.63) is 83.9 Å². The van der Waals surface area contributed by atoms with Crippen molar-refractivity contribution >= 4 is 23.2 Å². The lowest BCUT2D eigenvalue weighted by atomic mass is 10.1. The number of hydrogen-bond acceptors (Lipinski definition) is 6. The summed E-state index contributed by atoms with van der Waals surface area (Å²) in [7, 11) is 0. The lowest BCUT2D eigenvalue weighted by Crippen LogP contribution is -2.27. The molecule has 0 radical (unpaired) electrons. The summed E-state index contributed by atoms with van der Waals surface area (Å²) in [5, 5.41) is 18.4. The van der Waals surface area contributed by atoms with Crippen LogP contribution in [0.5, 0.6) is 11.5 Å². The fourth-order valence-corrected chi connectivity index (χ4v) is 3.09. The maximum absolute atomic E-state index is 13.7. The van der Waals surface area contributed by atoms with Crippen molar-refractivity contribution in [3.63, 3.8) is 0 Å². The molecule has 8 heteroatoms. The number of amides is 2. The molecule has 0 aliphatic rings. The zero-order valence-electron chi connectivity index (χ0n) is 17.3. The predicted octanol–water partition coefficient (Wildman–Crippen LogP) is 2.51. The van der Waals surface area contributed by atoms with E-state index in [1.807, 2.05) is 0 Å². The summed E-state index contributed by atoms with van der Waals surface area (Å²) in [6, 6.07) is 19.8. The number of rotatable bonds is 10. The molecule has 8 nitrogen and oxygen atoms in total. The van der Waals surface area contributed by atoms with Crippen molar-refractivity contribution in [1.82, 2.24) is 0 Å². The summed E-state index contributed by atoms with van der Waals surface area (Å²) in [6.45, 7) is -0.274. The van der Waals surface area contributed by atoms with Crippen LogP contribution in [-0.4, -0.2) is 48.5 Å². The van der Waals surface area contributed by atoms with Gasteiger partial charge in [0.2, 0.25) is 5.91 Å². The van der Waals surface area contributed by atoms with Gasteiger partial charge in [-0.25, -0.2) is 0 Å². The van der Waals surface area contributed by atoms with Crippen LogP contribution in [0.4, 0.5) is 11.4 Å². The van der Waals surface area contributed by atoms with E-state index in [1.54, 1.807) is 48.5 Å². The normalized spacial score (nSPS) is 10.4. The minimum Gasteiger partial charge on any atom is -0.489 e. The molecule has 0 aromatic heterocycles. The number of nitrogens with two attached hydrogens (primary N) is 1. The van der Waals surface area contributed by atoms with Crippen LogP contribution in [0.2, 0.25) is 0 Å². The quantitative estimate of drug-likeness (QED) is 0.449. The summed E-state index contributed by atoms with van der Waals surface area (Å²) in [6.07, 6.45) is 0. The van der Waals surface area contributed by atoms with Gasteiger partial charge in [-0.3, -0.25) is 14.5 Å². The number of ether oxygens (including phenoxy) is 2. The zero-order chi connectivity index (χ0) is 22.9. The highest BCUT2D eigenvalue weighted by Crippen LogP contribution is 2.39. The Morgan fingerprint density at radius 2 is 1.16 bits per heavy atom. The van der Waals surface area contributed by atoms with Crippen LogP contribution in [-0.2, 0) is 0 Å². The van der Waals surface area contributed by atoms with Crippen LogP contribution in [0.15, 0.2) is 72.8 Å². The monoisotopic (exact) mass is 436 g/mol. The largest absolute Gasteiger partial charge is 0.489 e. The Morgan fingerprint density at radius 1 is 0.719 bits per heavy atom. The minimum absolute atomic E-state index is 0.0506. The van der Waals surface area contributed by atoms with Crippen molar-refractivity contribution < 1.29 is 29.3 Å². The smallest absolute Gasteiger partial charge is 0.263 e. The number of anilines is 2. The number of carbonyl (C=O) groups is 2. The number of primary amides is 1. The molecule has 0 heterocycles. The summed E-state index contributed by atoms with van der Waals surface area (Å²) in [5.74, 6) is -0.214. The summed E-state index contributed by atoms with van der Waals surface area (Å²) >= 11 is 0. The van der Waals surface area contributed by atoms with E-state index in [2.05, 4.69) is 0 Å². The van der Waals surface area contributed by atoms with Gasteiger partial charge in [-0.2, -0.15) is 0 Å². The minimum atomic E-state index is -0.591. The molecule has 3 rings (SSSR count). The van der Waals surface area contributed by atoms with Gasteiger partial charge in [0.25, 0.3) is 5.91 Å². The van der Waals surface area contributed by atoms with E-state index in [1.165, 1.54) is 29.2 Å². The highest BCUT2D eigenvalue weighted by Gasteiger charge is 2.26. The number of benzene rings is 3. The fraction of sp³-hybridized carbons (Fsp3) is 0.167. The number of hydrogen-bond donors (Lipinski definition) is 3. The highest BCUT2D eigenvalue weighted by molar-refractivity contribution is 6.12. The molecular weight excluding hydrogens is 412 g/mol. The molecule has 0 aliphatic heterocycles. The van der Waals surface area contributed by atoms with Crippen molar-refractivity contribution in [2.45, 2.75) is 0 Å². The number of nitrogens with zero attached hydrogens (tertiary/aromatic N) is 1. The summed E-state index contributed by atoms with van der Waals surface area (Å²) in [4.78, 5) is 26.5. The van der Waals surface area contributed by atoms with Crippen molar-refractivity contribution in [2.24, 2.45) is 5.73 Å². The van der Waals surface area contributed by atoms with Gasteiger partial charge >= 0.3 is 0 Å². The van der Waals surface area contributed by atoms with E-state index in [0.717, 1.165) is 0 Å². The summed E-state index contributed by atoms with van der Waals surface area (Å²) < 4.78 is 11.3. The average Bonchev–Trinajstić information content (AvgIpc) is 2.83. The molecule has 3 aromatic rings. The number of aliphatic hydroxyl groups excluding tert-OH is 2. The van der Waals surface area contributed by atoms with Gasteiger partial charge in [-0.15, -0.1) is 0 Å². The molecule has 0 saturated heterocycles. The Morgan fingerprint density at radius 3 is 1.59 bits per heavy atom. The molecule has 2 amide bonds. The zero-order valence-corrected chi connectivity index (χ0v) is 17.3. The first-order valence-corrected chi connectivity index (χ1v) is 9.96. The van der Waals surface area contributed by atoms with Gasteiger partial charge in [-0.1, -0.05) is 24.3 Å². The second-order valence-corrected chi connectivity index (χ2v) is 6.66. The third kappa shape index (κ3) is 5.23. The van der Waals surface area contributed by atoms with Crippen LogP contribution in [0, 0.1) is 0 Å². The molecule has 0 aliphatic carbocycles. The Labute approximate surface area is 185 Å². The number of para-hydroxylation sites is 4. The van der Waals surface area contributed by atoms with Gasteiger partial charge in [0.15, 0.2) is 0 Å². The van der Waals surface area contributed by atoms with Gasteiger partial charge < -0.3 is 25.4 Å². The van der Waals surface area contributed by atoms with E-state index in [9.17, 15) is 19.8 Å². The van der Waals surface area contributed by atoms with Crippen molar-refractivity contribution in [3.8, 4) is 11.5 Å². The Bertz CT molecular complexity index is 1020. The van der Waals surface area contributed by atoms with Gasteiger partial charge in [0.1, 0.15) is 24.7 Å². The Balaban J connectivity index is 2.13. The Kier molecular flexibility index (Phi) is 7.80. The molecule has 0 atom stereocenters. The first kappa shape index (κ1) is 22.8. The molecule has 4 N–H and O–H groups in total. The third-order valence-corrected chi connectivity index (χ3v) is 4.53. The standard InChI is InChI=1S/C24H24N2O6/c25-23(29)17-9-11-18(12-10-17)24(30)26(19-5-1-3-7-21(19)31-15-13-27)20-6-2-4-8-22(20)32-16-14-28/h1-12,27-28H,13-16H2,(H2,25,29). The molecule has 0 unspecified atom stereocenters. The molecule has 0 saturated carbocycles. The van der Waals surface area contributed by atoms with E-state index in [4.69, 9.17) is 15.2 Å². The molecular formula is C24H24N2O6. The van der Waals surface area contributed by atoms with Crippen molar-refractivity contribution in [2.75, 3.05) is 31.3 Å². The predicted molar refractivity (Wildman–Crippen MR) is 119 cm³/mol. The average molecular weight is 436 g/mol. The first-order chi connectivity index (χ1) is 15.6. The van der Waals surface area contributed by atoms with E-state index < -0.39 is 11.8 Å². The highest BCUT2D eigenvalue weighted by atomic mass is 16.5. The van der Waals surface area contributed by atoms with E-state index >= 15 is 0 Å². The fourth-order valence-electron chi connectivity index (χ4n) is 3.09. The second kappa shape index (κ2) is 10.9. The summed E-state index contributed by atoms with van der Waals surface area (Å²) in [5.41, 5.74) is 6.77. The maximum atomic E-state index is 13.7. The molecule has 166 valence electrons. The second-order valence-electron chi connectivity index (χ2n) is 6.66. The topological polar surface area (TPSA) is 122 Å². The number of carbonyl (C=O) groups excluding carboxylic acids is 2. The van der Waals surface area contributed by atoms with Gasteiger partial charge in [-0.05, 0) is 48.5 Å². The number of aliphatic hydroxyl groups is 2. The maximum Gasteiger partial charge on any atom is 0.263 e. The molecule has 0 bridgehead atoms. The van der Waals surface area contributed by atoms with Crippen LogP contribution in [0.25, 0.3) is 0 Å². The molecule has 0 fully saturated rings. The molecule has 0 spiro atoms. The molecule has 3 aromatic carbocycles.